The van der Waals surface area contributed by atoms with E-state index in [1.807, 2.05) is 58.2 Å². The zero-order valence-corrected chi connectivity index (χ0v) is 82.3. The van der Waals surface area contributed by atoms with Gasteiger partial charge in [-0.2, -0.15) is 13.1 Å². The summed E-state index contributed by atoms with van der Waals surface area (Å²) in [6.45, 7) is 58.1. The zero-order chi connectivity index (χ0) is 93.9. The second-order valence-electron chi connectivity index (χ2n) is 38.1. The van der Waals surface area contributed by atoms with Gasteiger partial charge < -0.3 is 50.8 Å². The molecule has 2 aliphatic heterocycles. The number of aromatic amines is 4. The summed E-state index contributed by atoms with van der Waals surface area (Å²) in [5.41, 5.74) is 29.6. The van der Waals surface area contributed by atoms with Gasteiger partial charge in [-0.25, -0.2) is 44.9 Å². The second-order valence-corrected chi connectivity index (χ2v) is 43.1. The maximum Gasteiger partial charge on any atom is 0.279 e. The predicted molar refractivity (Wildman–Crippen MR) is 532 cm³/mol. The Morgan fingerprint density at radius 1 is 0.383 bits per heavy atom. The van der Waals surface area contributed by atoms with Gasteiger partial charge in [0.05, 0.1) is 78.6 Å². The lowest BCUT2D eigenvalue weighted by Gasteiger charge is -2.22. The topological polar surface area (TPSA) is 451 Å². The van der Waals surface area contributed by atoms with E-state index in [1.165, 1.54) is 60.4 Å². The lowest BCUT2D eigenvalue weighted by atomic mass is 9.92. The zero-order valence-electron chi connectivity index (χ0n) is 77.4. The van der Waals surface area contributed by atoms with E-state index in [4.69, 9.17) is 17.2 Å². The highest BCUT2D eigenvalue weighted by atomic mass is 32.1. The van der Waals surface area contributed by atoms with Crippen molar-refractivity contribution >= 4 is 198 Å². The number of carbonyl (C=O) groups excluding carboxylic acids is 2. The van der Waals surface area contributed by atoms with Gasteiger partial charge in [0.25, 0.3) is 22.2 Å². The van der Waals surface area contributed by atoms with Crippen LogP contribution in [0, 0.1) is 20.8 Å². The van der Waals surface area contributed by atoms with Gasteiger partial charge >= 0.3 is 0 Å². The van der Waals surface area contributed by atoms with Crippen molar-refractivity contribution in [2.45, 2.75) is 264 Å². The number of nitrogens with zero attached hydrogens (tertiary/aromatic N) is 18. The van der Waals surface area contributed by atoms with E-state index in [2.05, 4.69) is 251 Å². The summed E-state index contributed by atoms with van der Waals surface area (Å²) in [4.78, 5) is 138. The van der Waals surface area contributed by atoms with Gasteiger partial charge in [0, 0.05) is 119 Å². The molecule has 31 nitrogen and oxygen atoms in total. The van der Waals surface area contributed by atoms with E-state index >= 15 is 0 Å². The minimum absolute atomic E-state index is 0. The second kappa shape index (κ2) is 39.6. The summed E-state index contributed by atoms with van der Waals surface area (Å²) >= 11 is 9.20. The van der Waals surface area contributed by atoms with Crippen molar-refractivity contribution in [3.63, 3.8) is 0 Å². The Morgan fingerprint density at radius 2 is 0.820 bits per heavy atom. The smallest absolute Gasteiger partial charge is 0.279 e. The van der Waals surface area contributed by atoms with Crippen LogP contribution in [0.1, 0.15) is 273 Å². The van der Waals surface area contributed by atoms with Crippen LogP contribution in [0.15, 0.2) is 107 Å². The van der Waals surface area contributed by atoms with E-state index in [1.54, 1.807) is 110 Å². The number of nitrogen functional groups attached to an aromatic ring is 3. The summed E-state index contributed by atoms with van der Waals surface area (Å²) in [6.07, 6.45) is 15.9. The van der Waals surface area contributed by atoms with Crippen molar-refractivity contribution in [2.24, 2.45) is 9.98 Å². The normalized spacial score (nSPS) is 12.7. The van der Waals surface area contributed by atoms with Crippen LogP contribution in [-0.2, 0) is 38.3 Å². The maximum atomic E-state index is 11.6. The summed E-state index contributed by atoms with van der Waals surface area (Å²) in [5, 5.41) is 8.35. The molecule has 0 unspecified atom stereocenters. The fourth-order valence-electron chi connectivity index (χ4n) is 12.9. The number of aliphatic imine (C=N–C) groups is 2. The molecular formula is C91H119N25O6S6. The van der Waals surface area contributed by atoms with E-state index in [9.17, 15) is 28.8 Å². The molecule has 0 saturated heterocycles. The SMILES string of the molecule is C.CC(C)(C)c1scc2c(N)ccnc12.CC(C)(C)c1snc2c(N)ccnc12.CC(C)(C)c1snc2c1N=CCC2=O.CC(C)(C)n1cnc2c(N)ccnc21.CC(C)(C)n1cnc2c1N=CCC2=O.CC(C)c1scc2c(=O)[nH]cnc12.Cc1nc2c(C(C)(C)C)snc2c(=O)[nH]1.Cc1nc2c(C(C)C)scc2c(=O)[nH]1.Cc1nc2c(ncn2C(C)(C)C)c(=O)[nH]1. The van der Waals surface area contributed by atoms with Gasteiger partial charge in [0.15, 0.2) is 45.4 Å². The number of anilines is 3. The highest BCUT2D eigenvalue weighted by molar-refractivity contribution is 7.12. The molecule has 16 aromatic rings. The van der Waals surface area contributed by atoms with Gasteiger partial charge in [-0.1, -0.05) is 118 Å². The molecule has 0 bridgehead atoms. The maximum absolute atomic E-state index is 11.6. The number of nitrogens with one attached hydrogen (secondary N) is 4. The van der Waals surface area contributed by atoms with Gasteiger partial charge in [0.1, 0.15) is 50.9 Å². The number of fused-ring (bicyclic) bond motifs is 9. The summed E-state index contributed by atoms with van der Waals surface area (Å²) in [6, 6.07) is 5.40. The number of aromatic nitrogens is 20. The molecule has 0 fully saturated rings. The Kier molecular flexibility index (Phi) is 31.0. The Bertz CT molecular complexity index is 6580. The molecule has 0 aliphatic carbocycles. The molecule has 0 aromatic carbocycles. The van der Waals surface area contributed by atoms with E-state index in [0.717, 1.165) is 70.8 Å². The van der Waals surface area contributed by atoms with Gasteiger partial charge in [-0.15, -0.1) is 34.0 Å². The van der Waals surface area contributed by atoms with E-state index in [-0.39, 0.29) is 79.5 Å². The van der Waals surface area contributed by atoms with Crippen LogP contribution in [0.2, 0.25) is 0 Å². The summed E-state index contributed by atoms with van der Waals surface area (Å²) in [7, 11) is 0. The largest absolute Gasteiger partial charge is 0.398 e. The molecular weight excluding hydrogens is 1730 g/mol. The van der Waals surface area contributed by atoms with Crippen molar-refractivity contribution in [2.75, 3.05) is 17.2 Å². The first kappa shape index (κ1) is 100. The number of ketones is 2. The molecule has 0 spiro atoms. The highest BCUT2D eigenvalue weighted by Crippen LogP contribution is 2.41. The van der Waals surface area contributed by atoms with E-state index in [0.29, 0.717) is 98.2 Å². The Hall–Kier alpha value is -11.5. The van der Waals surface area contributed by atoms with Crippen molar-refractivity contribution in [1.29, 1.82) is 0 Å². The monoisotopic (exact) mass is 1850 g/mol. The van der Waals surface area contributed by atoms with Crippen molar-refractivity contribution < 1.29 is 9.59 Å². The Balaban J connectivity index is 0.000000162. The first-order valence-electron chi connectivity index (χ1n) is 41.2. The molecule has 16 aromatic heterocycles. The van der Waals surface area contributed by atoms with Crippen LogP contribution >= 0.6 is 68.6 Å². The molecule has 10 N–H and O–H groups in total. The van der Waals surface area contributed by atoms with Gasteiger partial charge in [-0.05, 0) is 153 Å². The van der Waals surface area contributed by atoms with Gasteiger partial charge in [0.2, 0.25) is 0 Å². The van der Waals surface area contributed by atoms with Crippen LogP contribution in [0.5, 0.6) is 0 Å². The number of pyridine rings is 3. The Morgan fingerprint density at radius 3 is 1.38 bits per heavy atom. The first-order valence-corrected chi connectivity index (χ1v) is 46.2. The fourth-order valence-corrected chi connectivity index (χ4v) is 18.6. The minimum atomic E-state index is -0.180. The third kappa shape index (κ3) is 23.3. The van der Waals surface area contributed by atoms with E-state index < -0.39 is 0 Å². The van der Waals surface area contributed by atoms with Crippen LogP contribution in [0.4, 0.5) is 28.6 Å². The highest BCUT2D eigenvalue weighted by Gasteiger charge is 2.31. The van der Waals surface area contributed by atoms with Crippen molar-refractivity contribution in [1.82, 2.24) is 96.6 Å². The third-order valence-electron chi connectivity index (χ3n) is 19.3. The molecule has 0 radical (unpaired) electrons. The number of hydrogen-bond acceptors (Lipinski definition) is 30. The number of Topliss-reactive ketones (excluding diaryl/α,β-unsaturated/α-hetero) is 2. The van der Waals surface area contributed by atoms with Crippen LogP contribution in [0.25, 0.3) is 77.1 Å². The first-order chi connectivity index (χ1) is 59.1. The molecule has 18 heterocycles. The number of imidazole rings is 3. The lowest BCUT2D eigenvalue weighted by Crippen LogP contribution is -2.22. The third-order valence-corrected chi connectivity index (χ3v) is 27.0. The van der Waals surface area contributed by atoms with Crippen LogP contribution in [-0.4, -0.2) is 121 Å². The van der Waals surface area contributed by atoms with Crippen LogP contribution < -0.4 is 39.4 Å². The molecule has 680 valence electrons. The summed E-state index contributed by atoms with van der Waals surface area (Å²) < 4.78 is 18.5. The Labute approximate surface area is 768 Å². The molecule has 0 amide bonds. The number of aryl methyl sites for hydroxylation is 3. The number of H-pyrrole nitrogens is 4. The lowest BCUT2D eigenvalue weighted by molar-refractivity contribution is 0.0988. The molecule has 37 heteroatoms. The standard InChI is InChI=1S/C11H14N2S.C10H14N4O.C10H14N4.C10H13N3OS.C10H13N3O.C10H13N3S.2C10H12N2OS.C9H10N2OS.CH4/c1-11(2,3)10-9-7(6-14-10)8(12)4-5-13-9;1-6-12-8-7(9(15)13-6)11-5-14(8)10(2,3)4;1-10(2,3)14-6-13-8-7(11)4-5-12-9(8)14;1-5-11-6-7(9(14)12-5)13-15-8(6)10(2,3)4;1-10(2,3)13-6-12-8-7(14)4-5-11-9(8)13;1-10(2,3)9-8-7(13-14-9)6(11)4-5-12-8;1-10(2,3)9-8-7(12-14-9)6(13)4-5-11-8;1-5(2)9-8-7(4-14-9)10(13)12-6(3)11-8;1-5(2)8-7-6(3-13-8)9(12)11-4-10-7;/h4-6H,12H2,1-3H3;5H,1-4H3,(H,12,13,15);4-6H,1-3H3,(H2,11,12);1-4H3,(H,11,12,14);5-6H,4H2,1-3H3;4-5H,11H2,1-3H3;5H,4H2,1-3H3;4-5H,1-3H3,(H,11,12,13);3-5H,1-2H3,(H,10,11,12);1H4. The number of nitrogens with two attached hydrogens (primary N) is 3. The fraction of sp³-hybridized carbons (Fsp3) is 0.440. The van der Waals surface area contributed by atoms with Crippen molar-refractivity contribution in [3.05, 3.63) is 178 Å². The molecule has 18 rings (SSSR count). The molecule has 2 aliphatic rings. The average molecular weight is 1850 g/mol. The van der Waals surface area contributed by atoms with Crippen molar-refractivity contribution in [3.8, 4) is 0 Å². The van der Waals surface area contributed by atoms with Crippen LogP contribution in [0.3, 0.4) is 0 Å². The minimum Gasteiger partial charge on any atom is -0.398 e. The average Bonchev–Trinajstić information content (AvgIpc) is 1.63. The quantitative estimate of drug-likeness (QED) is 0.0845. The molecule has 128 heavy (non-hydrogen) atoms. The molecule has 0 saturated carbocycles. The number of hydrogen-bond donors (Lipinski definition) is 7. The predicted octanol–water partition coefficient (Wildman–Crippen LogP) is 20.5. The number of rotatable bonds is 2. The number of carbonyl (C=O) groups is 2. The van der Waals surface area contributed by atoms with Gasteiger partial charge in [-0.3, -0.25) is 43.7 Å². The molecule has 0 atom stereocenters. The summed E-state index contributed by atoms with van der Waals surface area (Å²) in [5.74, 6) is 3.61. The number of thiophene rings is 3.